The molecule has 1 saturated carbocycles. The minimum absolute atomic E-state index is 0.0635. The first-order valence-electron chi connectivity index (χ1n) is 8.64. The van der Waals surface area contributed by atoms with Crippen molar-refractivity contribution in [3.05, 3.63) is 52.3 Å². The van der Waals surface area contributed by atoms with E-state index in [1.54, 1.807) is 0 Å². The maximum Gasteiger partial charge on any atom is 0.291 e. The lowest BCUT2D eigenvalue weighted by molar-refractivity contribution is 0.0677. The van der Waals surface area contributed by atoms with Gasteiger partial charge in [-0.15, -0.1) is 0 Å². The van der Waals surface area contributed by atoms with Crippen LogP contribution in [0.1, 0.15) is 46.6 Å². The van der Waals surface area contributed by atoms with Crippen molar-refractivity contribution >= 4 is 28.4 Å². The lowest BCUT2D eigenvalue weighted by Crippen LogP contribution is -2.38. The Bertz CT molecular complexity index is 1000. The molecule has 0 saturated heterocycles. The first-order valence-corrected chi connectivity index (χ1v) is 9.02. The van der Waals surface area contributed by atoms with Crippen LogP contribution >= 0.6 is 11.6 Å². The number of aromatic nitrogens is 2. The van der Waals surface area contributed by atoms with E-state index in [0.717, 1.165) is 46.9 Å². The van der Waals surface area contributed by atoms with E-state index in [2.05, 4.69) is 15.6 Å². The standard InChI is InChI=1S/C19H18ClN3O2/c1-11-17(25-18(21-11)12-2-3-12)19(24)22-6-7-23-15(10-22)8-13-4-5-14(20)9-16(13)23/h4-5,8-9,12H,2-3,6-7,10H2,1H3. The van der Waals surface area contributed by atoms with Crippen LogP contribution in [0.5, 0.6) is 0 Å². The Morgan fingerprint density at radius 1 is 1.28 bits per heavy atom. The second-order valence-corrected chi connectivity index (χ2v) is 7.39. The summed E-state index contributed by atoms with van der Waals surface area (Å²) < 4.78 is 8.03. The normalized spacial score (nSPS) is 17.1. The van der Waals surface area contributed by atoms with Crippen LogP contribution in [0.4, 0.5) is 0 Å². The van der Waals surface area contributed by atoms with Gasteiger partial charge in [-0.25, -0.2) is 4.98 Å². The average molecular weight is 356 g/mol. The summed E-state index contributed by atoms with van der Waals surface area (Å²) in [5, 5.41) is 1.89. The molecule has 0 atom stereocenters. The molecule has 0 N–H and O–H groups in total. The number of carbonyl (C=O) groups is 1. The van der Waals surface area contributed by atoms with Gasteiger partial charge >= 0.3 is 0 Å². The zero-order chi connectivity index (χ0) is 17.1. The van der Waals surface area contributed by atoms with Crippen LogP contribution in [0, 0.1) is 6.92 Å². The number of rotatable bonds is 2. The first kappa shape index (κ1) is 15.0. The topological polar surface area (TPSA) is 51.3 Å². The molecule has 1 fully saturated rings. The van der Waals surface area contributed by atoms with Crippen LogP contribution in [0.3, 0.4) is 0 Å². The first-order chi connectivity index (χ1) is 12.1. The second-order valence-electron chi connectivity index (χ2n) is 6.96. The third kappa shape index (κ3) is 2.45. The molecule has 0 radical (unpaired) electrons. The zero-order valence-electron chi connectivity index (χ0n) is 14.0. The number of nitrogens with zero attached hydrogens (tertiary/aromatic N) is 3. The molecule has 25 heavy (non-hydrogen) atoms. The molecule has 6 heteroatoms. The fourth-order valence-corrected chi connectivity index (χ4v) is 3.78. The smallest absolute Gasteiger partial charge is 0.291 e. The summed E-state index contributed by atoms with van der Waals surface area (Å²) in [6, 6.07) is 8.04. The average Bonchev–Trinajstić information content (AvgIpc) is 3.29. The Hall–Kier alpha value is -2.27. The molecule has 0 bridgehead atoms. The fraction of sp³-hybridized carbons (Fsp3) is 0.368. The van der Waals surface area contributed by atoms with Crippen molar-refractivity contribution in [1.82, 2.24) is 14.5 Å². The summed E-state index contributed by atoms with van der Waals surface area (Å²) in [6.45, 7) is 3.84. The van der Waals surface area contributed by atoms with Crippen molar-refractivity contribution in [3.63, 3.8) is 0 Å². The van der Waals surface area contributed by atoms with Crippen molar-refractivity contribution in [1.29, 1.82) is 0 Å². The number of aryl methyl sites for hydroxylation is 1. The quantitative estimate of drug-likeness (QED) is 0.694. The van der Waals surface area contributed by atoms with Crippen LogP contribution in [0.25, 0.3) is 10.9 Å². The van der Waals surface area contributed by atoms with E-state index in [9.17, 15) is 4.79 Å². The third-order valence-electron chi connectivity index (χ3n) is 5.12. The highest BCUT2D eigenvalue weighted by Gasteiger charge is 2.33. The van der Waals surface area contributed by atoms with Crippen molar-refractivity contribution in [2.45, 2.75) is 38.8 Å². The van der Waals surface area contributed by atoms with Gasteiger partial charge < -0.3 is 13.9 Å². The maximum atomic E-state index is 12.9. The van der Waals surface area contributed by atoms with E-state index >= 15 is 0 Å². The summed E-state index contributed by atoms with van der Waals surface area (Å²) in [6.07, 6.45) is 2.22. The summed E-state index contributed by atoms with van der Waals surface area (Å²) >= 11 is 6.13. The fourth-order valence-electron chi connectivity index (χ4n) is 3.61. The monoisotopic (exact) mass is 355 g/mol. The van der Waals surface area contributed by atoms with Gasteiger partial charge in [0, 0.05) is 40.6 Å². The van der Waals surface area contributed by atoms with Crippen molar-refractivity contribution in [2.75, 3.05) is 6.54 Å². The Labute approximate surface area is 150 Å². The number of halogens is 1. The van der Waals surface area contributed by atoms with Gasteiger partial charge in [-0.2, -0.15) is 0 Å². The van der Waals surface area contributed by atoms with E-state index in [-0.39, 0.29) is 5.91 Å². The van der Waals surface area contributed by atoms with Gasteiger partial charge in [0.25, 0.3) is 5.91 Å². The molecule has 1 aliphatic heterocycles. The molecular formula is C19H18ClN3O2. The minimum Gasteiger partial charge on any atom is -0.435 e. The summed E-state index contributed by atoms with van der Waals surface area (Å²) in [4.78, 5) is 19.2. The van der Waals surface area contributed by atoms with E-state index in [0.29, 0.717) is 30.5 Å². The van der Waals surface area contributed by atoms with Crippen LogP contribution < -0.4 is 0 Å². The SMILES string of the molecule is Cc1nc(C2CC2)oc1C(=O)N1CCn2c(cc3ccc(Cl)cc32)C1. The number of benzene rings is 1. The van der Waals surface area contributed by atoms with Gasteiger partial charge in [0.2, 0.25) is 5.76 Å². The molecule has 5 rings (SSSR count). The number of carbonyl (C=O) groups excluding carboxylic acids is 1. The largest absolute Gasteiger partial charge is 0.435 e. The molecule has 5 nitrogen and oxygen atoms in total. The molecule has 0 spiro atoms. The number of fused-ring (bicyclic) bond motifs is 3. The second kappa shape index (κ2) is 5.36. The summed E-state index contributed by atoms with van der Waals surface area (Å²) in [5.41, 5.74) is 2.95. The molecule has 128 valence electrons. The van der Waals surface area contributed by atoms with E-state index < -0.39 is 0 Å². The van der Waals surface area contributed by atoms with Crippen LogP contribution in [-0.4, -0.2) is 26.9 Å². The van der Waals surface area contributed by atoms with Gasteiger partial charge in [-0.3, -0.25) is 4.79 Å². The number of amides is 1. The lowest BCUT2D eigenvalue weighted by atomic mass is 10.2. The van der Waals surface area contributed by atoms with Crippen LogP contribution in [0.15, 0.2) is 28.7 Å². The molecule has 2 aromatic heterocycles. The predicted molar refractivity (Wildman–Crippen MR) is 94.9 cm³/mol. The van der Waals surface area contributed by atoms with E-state index in [1.165, 1.54) is 0 Å². The third-order valence-corrected chi connectivity index (χ3v) is 5.35. The Kier molecular flexibility index (Phi) is 3.22. The Balaban J connectivity index is 1.45. The molecule has 1 aromatic carbocycles. The van der Waals surface area contributed by atoms with Crippen molar-refractivity contribution < 1.29 is 9.21 Å². The van der Waals surface area contributed by atoms with Gasteiger partial charge in [-0.1, -0.05) is 17.7 Å². The number of hydrogen-bond donors (Lipinski definition) is 0. The molecule has 0 unspecified atom stereocenters. The maximum absolute atomic E-state index is 12.9. The molecule has 2 aliphatic rings. The van der Waals surface area contributed by atoms with Gasteiger partial charge in [0.1, 0.15) is 0 Å². The zero-order valence-corrected chi connectivity index (χ0v) is 14.7. The molecule has 1 amide bonds. The highest BCUT2D eigenvalue weighted by Crippen LogP contribution is 2.40. The van der Waals surface area contributed by atoms with E-state index in [4.69, 9.17) is 16.0 Å². The Morgan fingerprint density at radius 3 is 2.92 bits per heavy atom. The van der Waals surface area contributed by atoms with Gasteiger partial charge in [0.15, 0.2) is 5.89 Å². The number of hydrogen-bond acceptors (Lipinski definition) is 3. The summed E-state index contributed by atoms with van der Waals surface area (Å²) in [7, 11) is 0. The van der Waals surface area contributed by atoms with Gasteiger partial charge in [0.05, 0.1) is 12.2 Å². The highest BCUT2D eigenvalue weighted by atomic mass is 35.5. The predicted octanol–water partition coefficient (Wildman–Crippen LogP) is 4.12. The minimum atomic E-state index is -0.0635. The highest BCUT2D eigenvalue weighted by molar-refractivity contribution is 6.31. The Morgan fingerprint density at radius 2 is 2.12 bits per heavy atom. The number of oxazole rings is 1. The molecule has 3 heterocycles. The van der Waals surface area contributed by atoms with Crippen LogP contribution in [0.2, 0.25) is 5.02 Å². The van der Waals surface area contributed by atoms with Crippen molar-refractivity contribution in [2.24, 2.45) is 0 Å². The van der Waals surface area contributed by atoms with Gasteiger partial charge in [-0.05, 0) is 38.0 Å². The van der Waals surface area contributed by atoms with E-state index in [1.807, 2.05) is 30.0 Å². The summed E-state index contributed by atoms with van der Waals surface area (Å²) in [5.74, 6) is 1.47. The molecular weight excluding hydrogens is 338 g/mol. The molecule has 3 aromatic rings. The molecule has 1 aliphatic carbocycles. The lowest BCUT2D eigenvalue weighted by Gasteiger charge is -2.28. The van der Waals surface area contributed by atoms with Crippen molar-refractivity contribution in [3.8, 4) is 0 Å². The van der Waals surface area contributed by atoms with Crippen LogP contribution in [-0.2, 0) is 13.1 Å².